The summed E-state index contributed by atoms with van der Waals surface area (Å²) in [5.41, 5.74) is 2.39. The molecule has 0 spiro atoms. The van der Waals surface area contributed by atoms with E-state index in [1.807, 2.05) is 43.3 Å². The summed E-state index contributed by atoms with van der Waals surface area (Å²) in [4.78, 5) is 11.9. The lowest BCUT2D eigenvalue weighted by molar-refractivity contribution is -0.121. The first-order chi connectivity index (χ1) is 11.7. The van der Waals surface area contributed by atoms with Gasteiger partial charge in [0, 0.05) is 18.0 Å². The molecule has 0 fully saturated rings. The van der Waals surface area contributed by atoms with Gasteiger partial charge in [0.1, 0.15) is 5.75 Å². The highest BCUT2D eigenvalue weighted by molar-refractivity contribution is 6.30. The van der Waals surface area contributed by atoms with Gasteiger partial charge in [0.2, 0.25) is 5.91 Å². The van der Waals surface area contributed by atoms with Gasteiger partial charge in [-0.3, -0.25) is 4.79 Å². The minimum absolute atomic E-state index is 0.0941. The third kappa shape index (κ3) is 6.63. The van der Waals surface area contributed by atoms with Crippen LogP contribution in [0.5, 0.6) is 5.75 Å². The zero-order valence-electron chi connectivity index (χ0n) is 14.1. The van der Waals surface area contributed by atoms with E-state index in [0.717, 1.165) is 35.6 Å². The van der Waals surface area contributed by atoms with Crippen LogP contribution < -0.4 is 10.1 Å². The van der Waals surface area contributed by atoms with Crippen LogP contribution in [0.3, 0.4) is 0 Å². The van der Waals surface area contributed by atoms with Crippen molar-refractivity contribution in [3.8, 4) is 5.75 Å². The van der Waals surface area contributed by atoms with Gasteiger partial charge in [-0.15, -0.1) is 0 Å². The molecule has 1 N–H and O–H groups in total. The van der Waals surface area contributed by atoms with E-state index >= 15 is 0 Å². The molecule has 0 aromatic heterocycles. The number of carbonyl (C=O) groups excluding carboxylic acids is 1. The van der Waals surface area contributed by atoms with Gasteiger partial charge in [0.05, 0.1) is 6.61 Å². The Bertz CT molecular complexity index is 623. The Balaban J connectivity index is 1.61. The molecule has 0 heterocycles. The Hall–Kier alpha value is -2.00. The SMILES string of the molecule is CCOc1ccc(CCCNC(=O)CCc2ccc(Cl)cc2)cc1. The highest BCUT2D eigenvalue weighted by Crippen LogP contribution is 2.13. The average Bonchev–Trinajstić information content (AvgIpc) is 2.60. The molecule has 1 amide bonds. The van der Waals surface area contributed by atoms with Crippen LogP contribution in [0.1, 0.15) is 30.9 Å². The van der Waals surface area contributed by atoms with Crippen molar-refractivity contribution in [2.45, 2.75) is 32.6 Å². The van der Waals surface area contributed by atoms with Crippen molar-refractivity contribution in [3.63, 3.8) is 0 Å². The fourth-order valence-electron chi connectivity index (χ4n) is 2.44. The molecule has 0 aliphatic carbocycles. The largest absolute Gasteiger partial charge is 0.494 e. The van der Waals surface area contributed by atoms with Crippen LogP contribution in [-0.2, 0) is 17.6 Å². The first-order valence-electron chi connectivity index (χ1n) is 8.40. The number of amides is 1. The molecule has 128 valence electrons. The number of benzene rings is 2. The number of nitrogens with one attached hydrogen (secondary N) is 1. The van der Waals surface area contributed by atoms with E-state index in [2.05, 4.69) is 17.4 Å². The van der Waals surface area contributed by atoms with Gasteiger partial charge in [-0.2, -0.15) is 0 Å². The number of hydrogen-bond donors (Lipinski definition) is 1. The van der Waals surface area contributed by atoms with E-state index in [1.165, 1.54) is 5.56 Å². The molecule has 0 aliphatic rings. The van der Waals surface area contributed by atoms with Crippen molar-refractivity contribution in [2.24, 2.45) is 0 Å². The first-order valence-corrected chi connectivity index (χ1v) is 8.78. The maximum atomic E-state index is 11.9. The standard InChI is InChI=1S/C20H24ClNO2/c1-2-24-19-12-7-16(8-13-19)4-3-15-22-20(23)14-9-17-5-10-18(21)11-6-17/h5-8,10-13H,2-4,9,14-15H2,1H3,(H,22,23). The quantitative estimate of drug-likeness (QED) is 0.683. The number of ether oxygens (including phenoxy) is 1. The lowest BCUT2D eigenvalue weighted by Gasteiger charge is -2.07. The second-order valence-corrected chi connectivity index (χ2v) is 6.09. The van der Waals surface area contributed by atoms with Crippen molar-refractivity contribution in [1.29, 1.82) is 0 Å². The normalized spacial score (nSPS) is 10.4. The fourth-order valence-corrected chi connectivity index (χ4v) is 2.56. The summed E-state index contributed by atoms with van der Waals surface area (Å²) in [6, 6.07) is 15.8. The highest BCUT2D eigenvalue weighted by atomic mass is 35.5. The van der Waals surface area contributed by atoms with Gasteiger partial charge in [-0.25, -0.2) is 0 Å². The van der Waals surface area contributed by atoms with E-state index in [4.69, 9.17) is 16.3 Å². The lowest BCUT2D eigenvalue weighted by Crippen LogP contribution is -2.24. The molecule has 0 saturated carbocycles. The predicted octanol–water partition coefficient (Wildman–Crippen LogP) is 4.42. The lowest BCUT2D eigenvalue weighted by atomic mass is 10.1. The number of carbonyl (C=O) groups is 1. The summed E-state index contributed by atoms with van der Waals surface area (Å²) in [7, 11) is 0. The number of halogens is 1. The number of hydrogen-bond acceptors (Lipinski definition) is 2. The smallest absolute Gasteiger partial charge is 0.220 e. The van der Waals surface area contributed by atoms with Crippen molar-refractivity contribution in [3.05, 3.63) is 64.7 Å². The minimum atomic E-state index is 0.0941. The average molecular weight is 346 g/mol. The molecule has 0 radical (unpaired) electrons. The third-order valence-electron chi connectivity index (χ3n) is 3.75. The molecule has 24 heavy (non-hydrogen) atoms. The second kappa shape index (κ2) is 9.99. The van der Waals surface area contributed by atoms with E-state index in [9.17, 15) is 4.79 Å². The second-order valence-electron chi connectivity index (χ2n) is 5.66. The summed E-state index contributed by atoms with van der Waals surface area (Å²) in [5.74, 6) is 0.994. The maximum absolute atomic E-state index is 11.9. The molecule has 2 aromatic rings. The van der Waals surface area contributed by atoms with Crippen LogP contribution in [-0.4, -0.2) is 19.1 Å². The van der Waals surface area contributed by atoms with Crippen LogP contribution in [0.15, 0.2) is 48.5 Å². The summed E-state index contributed by atoms with van der Waals surface area (Å²) in [5, 5.41) is 3.70. The Kier molecular flexibility index (Phi) is 7.63. The molecule has 0 atom stereocenters. The van der Waals surface area contributed by atoms with Crippen molar-refractivity contribution in [2.75, 3.05) is 13.2 Å². The Morgan fingerprint density at radius 2 is 1.62 bits per heavy atom. The molecule has 3 nitrogen and oxygen atoms in total. The molecule has 4 heteroatoms. The molecular formula is C20H24ClNO2. The van der Waals surface area contributed by atoms with Crippen LogP contribution in [0, 0.1) is 0 Å². The minimum Gasteiger partial charge on any atom is -0.494 e. The topological polar surface area (TPSA) is 38.3 Å². The molecule has 0 saturated heterocycles. The monoisotopic (exact) mass is 345 g/mol. The van der Waals surface area contributed by atoms with Gasteiger partial charge < -0.3 is 10.1 Å². The summed E-state index contributed by atoms with van der Waals surface area (Å²) >= 11 is 5.85. The summed E-state index contributed by atoms with van der Waals surface area (Å²) in [6.07, 6.45) is 3.12. The van der Waals surface area contributed by atoms with E-state index in [1.54, 1.807) is 0 Å². The fraction of sp³-hybridized carbons (Fsp3) is 0.350. The highest BCUT2D eigenvalue weighted by Gasteiger charge is 2.02. The summed E-state index contributed by atoms with van der Waals surface area (Å²) in [6.45, 7) is 3.36. The summed E-state index contributed by atoms with van der Waals surface area (Å²) < 4.78 is 5.42. The van der Waals surface area contributed by atoms with Crippen molar-refractivity contribution >= 4 is 17.5 Å². The van der Waals surface area contributed by atoms with E-state index in [-0.39, 0.29) is 5.91 Å². The molecular weight excluding hydrogens is 322 g/mol. The van der Waals surface area contributed by atoms with Gasteiger partial charge in [-0.05, 0) is 61.6 Å². The van der Waals surface area contributed by atoms with Gasteiger partial charge in [0.15, 0.2) is 0 Å². The Labute approximate surface area is 149 Å². The van der Waals surface area contributed by atoms with Gasteiger partial charge in [0.25, 0.3) is 0 Å². The van der Waals surface area contributed by atoms with Crippen molar-refractivity contribution < 1.29 is 9.53 Å². The van der Waals surface area contributed by atoms with Crippen LogP contribution in [0.25, 0.3) is 0 Å². The van der Waals surface area contributed by atoms with Crippen LogP contribution >= 0.6 is 11.6 Å². The van der Waals surface area contributed by atoms with Gasteiger partial charge in [-0.1, -0.05) is 35.9 Å². The third-order valence-corrected chi connectivity index (χ3v) is 4.00. The van der Waals surface area contributed by atoms with E-state index in [0.29, 0.717) is 19.6 Å². The molecule has 2 aromatic carbocycles. The first kappa shape index (κ1) is 18.3. The molecule has 0 unspecified atom stereocenters. The van der Waals surface area contributed by atoms with Crippen LogP contribution in [0.2, 0.25) is 5.02 Å². The zero-order valence-corrected chi connectivity index (χ0v) is 14.8. The number of aryl methyl sites for hydroxylation is 2. The zero-order chi connectivity index (χ0) is 17.2. The Morgan fingerprint density at radius 3 is 2.29 bits per heavy atom. The van der Waals surface area contributed by atoms with Gasteiger partial charge >= 0.3 is 0 Å². The maximum Gasteiger partial charge on any atom is 0.220 e. The molecule has 2 rings (SSSR count). The Morgan fingerprint density at radius 1 is 1.00 bits per heavy atom. The molecule has 0 aliphatic heterocycles. The number of rotatable bonds is 9. The van der Waals surface area contributed by atoms with E-state index < -0.39 is 0 Å². The van der Waals surface area contributed by atoms with Crippen molar-refractivity contribution in [1.82, 2.24) is 5.32 Å². The van der Waals surface area contributed by atoms with Crippen LogP contribution in [0.4, 0.5) is 0 Å². The molecule has 0 bridgehead atoms. The predicted molar refractivity (Wildman–Crippen MR) is 98.7 cm³/mol.